The molecule has 1 unspecified atom stereocenters. The zero-order chi connectivity index (χ0) is 50.0. The first-order valence-electron chi connectivity index (χ1n) is 27.3. The summed E-state index contributed by atoms with van der Waals surface area (Å²) in [6, 6.07) is 0. The van der Waals surface area contributed by atoms with Gasteiger partial charge >= 0.3 is 17.9 Å². The number of carbonyl (C=O) groups excluding carboxylic acids is 3. The molecule has 6 heteroatoms. The molecule has 0 saturated heterocycles. The minimum absolute atomic E-state index is 0.112. The van der Waals surface area contributed by atoms with Gasteiger partial charge in [0.2, 0.25) is 0 Å². The molecule has 0 aromatic rings. The molecular weight excluding hydrogens is 853 g/mol. The van der Waals surface area contributed by atoms with E-state index in [2.05, 4.69) is 154 Å². The molecule has 0 radical (unpaired) electrons. The summed E-state index contributed by atoms with van der Waals surface area (Å²) in [5, 5.41) is 0. The Morgan fingerprint density at radius 1 is 0.319 bits per heavy atom. The van der Waals surface area contributed by atoms with Gasteiger partial charge in [-0.05, 0) is 122 Å². The van der Waals surface area contributed by atoms with E-state index in [1.807, 2.05) is 6.08 Å². The number of carbonyl (C=O) groups is 3. The van der Waals surface area contributed by atoms with E-state index in [-0.39, 0.29) is 38.0 Å². The van der Waals surface area contributed by atoms with E-state index >= 15 is 0 Å². The average molecular weight is 951 g/mol. The number of rotatable bonds is 47. The molecule has 0 N–H and O–H groups in total. The van der Waals surface area contributed by atoms with Gasteiger partial charge in [0.1, 0.15) is 13.2 Å². The molecule has 0 aliphatic carbocycles. The van der Waals surface area contributed by atoms with Crippen molar-refractivity contribution >= 4 is 17.9 Å². The third-order valence-electron chi connectivity index (χ3n) is 10.8. The number of ether oxygens (including phenoxy) is 3. The van der Waals surface area contributed by atoms with Crippen molar-refractivity contribution in [2.45, 2.75) is 219 Å². The molecule has 0 rings (SSSR count). The van der Waals surface area contributed by atoms with Crippen molar-refractivity contribution in [2.24, 2.45) is 0 Å². The Morgan fingerprint density at radius 3 is 1.03 bits per heavy atom. The highest BCUT2D eigenvalue weighted by Crippen LogP contribution is 2.13. The van der Waals surface area contributed by atoms with Crippen molar-refractivity contribution < 1.29 is 28.6 Å². The number of esters is 3. The second kappa shape index (κ2) is 55.9. The van der Waals surface area contributed by atoms with Crippen LogP contribution < -0.4 is 0 Å². The molecule has 0 saturated carbocycles. The zero-order valence-corrected chi connectivity index (χ0v) is 44.0. The van der Waals surface area contributed by atoms with Crippen LogP contribution in [0.15, 0.2) is 146 Å². The van der Waals surface area contributed by atoms with Crippen LogP contribution in [0.25, 0.3) is 0 Å². The van der Waals surface area contributed by atoms with Crippen LogP contribution in [0.2, 0.25) is 0 Å². The van der Waals surface area contributed by atoms with Gasteiger partial charge < -0.3 is 14.2 Å². The minimum atomic E-state index is -0.843. The number of allylic oxidation sites excluding steroid dienone is 23. The van der Waals surface area contributed by atoms with E-state index in [1.54, 1.807) is 6.08 Å². The van der Waals surface area contributed by atoms with Crippen molar-refractivity contribution in [1.82, 2.24) is 0 Å². The molecule has 0 aromatic heterocycles. The lowest BCUT2D eigenvalue weighted by atomic mass is 10.1. The second-order valence-corrected chi connectivity index (χ2v) is 17.4. The average Bonchev–Trinajstić information content (AvgIpc) is 3.35. The Kier molecular flexibility index (Phi) is 52.1. The van der Waals surface area contributed by atoms with Crippen molar-refractivity contribution in [1.29, 1.82) is 0 Å². The monoisotopic (exact) mass is 951 g/mol. The van der Waals surface area contributed by atoms with E-state index in [9.17, 15) is 14.4 Å². The van der Waals surface area contributed by atoms with Crippen molar-refractivity contribution in [3.05, 3.63) is 146 Å². The number of hydrogen-bond acceptors (Lipinski definition) is 6. The van der Waals surface area contributed by atoms with Gasteiger partial charge in [0.25, 0.3) is 0 Å². The highest BCUT2D eigenvalue weighted by molar-refractivity contribution is 5.72. The van der Waals surface area contributed by atoms with E-state index < -0.39 is 12.1 Å². The summed E-state index contributed by atoms with van der Waals surface area (Å²) in [6.45, 7) is 6.24. The first-order valence-corrected chi connectivity index (χ1v) is 27.3. The highest BCUT2D eigenvalue weighted by Gasteiger charge is 2.19. The Bertz CT molecular complexity index is 1560. The fourth-order valence-corrected chi connectivity index (χ4v) is 6.81. The lowest BCUT2D eigenvalue weighted by Gasteiger charge is -2.18. The van der Waals surface area contributed by atoms with Crippen molar-refractivity contribution in [3.8, 4) is 0 Å². The Morgan fingerprint density at radius 2 is 0.623 bits per heavy atom. The molecule has 0 fully saturated rings. The fraction of sp³-hybridized carbons (Fsp3) is 0.571. The van der Waals surface area contributed by atoms with Gasteiger partial charge in [-0.3, -0.25) is 14.4 Å². The Labute approximate surface area is 423 Å². The number of hydrogen-bond donors (Lipinski definition) is 0. The SMILES string of the molecule is CC/C=C\C/C=C\C/C=C\C/C=C\C/C=C\CCCCCC(=O)OCC(COC(=O)C/C=C\C/C=C\C/C=C\C/C=C\C/C=C\CC)OC(=O)CCCCCCCCC/C=C\C/C=C\CCCCC. The lowest BCUT2D eigenvalue weighted by Crippen LogP contribution is -2.30. The molecule has 6 nitrogen and oxygen atoms in total. The maximum atomic E-state index is 12.8. The van der Waals surface area contributed by atoms with E-state index in [0.717, 1.165) is 128 Å². The number of unbranched alkanes of at least 4 members (excludes halogenated alkanes) is 13. The Balaban J connectivity index is 4.60. The lowest BCUT2D eigenvalue weighted by molar-refractivity contribution is -0.166. The first-order chi connectivity index (χ1) is 34.0. The third-order valence-corrected chi connectivity index (χ3v) is 10.8. The van der Waals surface area contributed by atoms with Crippen LogP contribution in [0.4, 0.5) is 0 Å². The maximum absolute atomic E-state index is 12.8. The molecule has 0 amide bonds. The molecule has 0 bridgehead atoms. The maximum Gasteiger partial charge on any atom is 0.309 e. The summed E-state index contributed by atoms with van der Waals surface area (Å²) in [6.07, 6.45) is 80.0. The van der Waals surface area contributed by atoms with Crippen LogP contribution in [0.3, 0.4) is 0 Å². The van der Waals surface area contributed by atoms with Gasteiger partial charge in [0.15, 0.2) is 6.10 Å². The molecule has 0 aliphatic heterocycles. The predicted molar refractivity (Wildman–Crippen MR) is 297 cm³/mol. The summed E-state index contributed by atoms with van der Waals surface area (Å²) in [4.78, 5) is 38.0. The third kappa shape index (κ3) is 54.1. The highest BCUT2D eigenvalue weighted by atomic mass is 16.6. The van der Waals surface area contributed by atoms with Crippen LogP contribution in [0.1, 0.15) is 213 Å². The van der Waals surface area contributed by atoms with Gasteiger partial charge in [-0.2, -0.15) is 0 Å². The summed E-state index contributed by atoms with van der Waals surface area (Å²) in [5.74, 6) is -1.11. The van der Waals surface area contributed by atoms with E-state index in [1.165, 1.54) is 44.9 Å². The molecule has 1 atom stereocenters. The largest absolute Gasteiger partial charge is 0.462 e. The summed E-state index contributed by atoms with van der Waals surface area (Å²) >= 11 is 0. The van der Waals surface area contributed by atoms with Gasteiger partial charge in [0.05, 0.1) is 6.42 Å². The zero-order valence-electron chi connectivity index (χ0n) is 44.0. The quantitative estimate of drug-likeness (QED) is 0.0262. The second-order valence-electron chi connectivity index (χ2n) is 17.4. The molecule has 0 spiro atoms. The van der Waals surface area contributed by atoms with Gasteiger partial charge in [-0.15, -0.1) is 0 Å². The molecule has 0 heterocycles. The Hall–Kier alpha value is -4.71. The van der Waals surface area contributed by atoms with Gasteiger partial charge in [-0.1, -0.05) is 218 Å². The van der Waals surface area contributed by atoms with E-state index in [0.29, 0.717) is 6.42 Å². The van der Waals surface area contributed by atoms with Gasteiger partial charge in [0, 0.05) is 12.8 Å². The molecule has 69 heavy (non-hydrogen) atoms. The standard InChI is InChI=1S/C63H98O6/c1-4-7-10-13-16-19-22-25-28-30-31-33-35-38-41-44-47-50-53-56-62(65)68-59-60(58-67-61(64)55-52-49-46-43-40-37-34-27-24-21-18-15-12-9-6-3)69-63(66)57-54-51-48-45-42-39-36-32-29-26-23-20-17-14-11-8-5-2/h7,9-10,12,16-21,25-29,31,33-34,38,40-41,43,49,52,60H,4-6,8,11,13-15,22-24,30,32,35-37,39,42,44-48,50-51,53-59H2,1-3H3/b10-7-,12-9-,19-16-,20-17-,21-18-,28-25-,29-26-,33-31-,34-27-,41-38-,43-40-,52-49-. The van der Waals surface area contributed by atoms with Crippen molar-refractivity contribution in [3.63, 3.8) is 0 Å². The van der Waals surface area contributed by atoms with Crippen LogP contribution in [0, 0.1) is 0 Å². The summed E-state index contributed by atoms with van der Waals surface area (Å²) < 4.78 is 16.7. The van der Waals surface area contributed by atoms with Crippen molar-refractivity contribution in [2.75, 3.05) is 13.2 Å². The molecule has 0 aliphatic rings. The van der Waals surface area contributed by atoms with Crippen LogP contribution in [-0.2, 0) is 28.6 Å². The molecular formula is C63H98O6. The normalized spacial score (nSPS) is 13.3. The smallest absolute Gasteiger partial charge is 0.309 e. The van der Waals surface area contributed by atoms with E-state index in [4.69, 9.17) is 14.2 Å². The van der Waals surface area contributed by atoms with Crippen LogP contribution in [-0.4, -0.2) is 37.2 Å². The van der Waals surface area contributed by atoms with Crippen LogP contribution in [0.5, 0.6) is 0 Å². The fourth-order valence-electron chi connectivity index (χ4n) is 6.81. The molecule has 386 valence electrons. The predicted octanol–water partition coefficient (Wildman–Crippen LogP) is 18.4. The molecule has 0 aromatic carbocycles. The van der Waals surface area contributed by atoms with Gasteiger partial charge in [-0.25, -0.2) is 0 Å². The first kappa shape index (κ1) is 64.3. The van der Waals surface area contributed by atoms with Crippen LogP contribution >= 0.6 is 0 Å². The topological polar surface area (TPSA) is 78.9 Å². The summed E-state index contributed by atoms with van der Waals surface area (Å²) in [7, 11) is 0. The summed E-state index contributed by atoms with van der Waals surface area (Å²) in [5.41, 5.74) is 0. The minimum Gasteiger partial charge on any atom is -0.462 e.